The van der Waals surface area contributed by atoms with Gasteiger partial charge in [0.2, 0.25) is 0 Å². The van der Waals surface area contributed by atoms with Gasteiger partial charge >= 0.3 is 29.8 Å². The Hall–Kier alpha value is -2.69. The summed E-state index contributed by atoms with van der Waals surface area (Å²) in [6.07, 6.45) is 2.72. The molecule has 3 aliphatic carbocycles. The van der Waals surface area contributed by atoms with Crippen LogP contribution >= 0.6 is 0 Å². The van der Waals surface area contributed by atoms with E-state index in [0.29, 0.717) is 37.8 Å². The van der Waals surface area contributed by atoms with E-state index >= 15 is 0 Å². The van der Waals surface area contributed by atoms with Gasteiger partial charge in [0.1, 0.15) is 24.4 Å². The first kappa shape index (κ1) is 36.6. The molecular weight excluding hydrogens is 618 g/mol. The molecule has 0 amide bonds. The predicted molar refractivity (Wildman–Crippen MR) is 174 cm³/mol. The number of nitrogens with zero attached hydrogens (tertiary/aromatic N) is 1. The molecule has 2 unspecified atom stereocenters. The van der Waals surface area contributed by atoms with Crippen LogP contribution in [0.2, 0.25) is 0 Å². The van der Waals surface area contributed by atoms with Gasteiger partial charge in [-0.1, -0.05) is 27.7 Å². The fraction of sp³-hybridized carbons (Fsp3) is 0.865. The highest BCUT2D eigenvalue weighted by Gasteiger charge is 2.67. The standard InChI is InChI=1S/C37H57NO10/c1-19-10-13-32-20(2)30-12-11-28(35(47-25(7)42)37(30,48-26(8)43)18-38(32)17-19)29-16-33(45-23(5)40)31-14-27(44-22(4)39)15-34(46-24(6)41)36(31,9)21(29)3/h19-21,27-35H,10-18H2,1-9H3/t19-,20-,21+,27+,28?,29?,30-,31-,32+,33-,34+,35+,36-,37-/m1/s1. The molecule has 48 heavy (non-hydrogen) atoms. The van der Waals surface area contributed by atoms with Crippen LogP contribution in [0.1, 0.15) is 107 Å². The smallest absolute Gasteiger partial charge is 0.303 e. The van der Waals surface area contributed by atoms with E-state index in [9.17, 15) is 24.0 Å². The highest BCUT2D eigenvalue weighted by molar-refractivity contribution is 5.68. The molecule has 0 aromatic heterocycles. The Morgan fingerprint density at radius 3 is 1.92 bits per heavy atom. The Bertz CT molecular complexity index is 1270. The van der Waals surface area contributed by atoms with Crippen LogP contribution in [0.25, 0.3) is 0 Å². The molecule has 270 valence electrons. The molecule has 0 radical (unpaired) electrons. The van der Waals surface area contributed by atoms with Crippen LogP contribution in [0.3, 0.4) is 0 Å². The molecule has 2 heterocycles. The molecule has 11 heteroatoms. The quantitative estimate of drug-likeness (QED) is 0.282. The van der Waals surface area contributed by atoms with E-state index in [-0.39, 0.29) is 35.5 Å². The minimum absolute atomic E-state index is 0.0103. The first-order valence-electron chi connectivity index (χ1n) is 18.1. The van der Waals surface area contributed by atoms with Gasteiger partial charge in [0, 0.05) is 83.3 Å². The summed E-state index contributed by atoms with van der Waals surface area (Å²) in [5.41, 5.74) is -1.70. The molecule has 5 fully saturated rings. The third-order valence-corrected chi connectivity index (χ3v) is 13.2. The fourth-order valence-electron chi connectivity index (χ4n) is 11.4. The number of ether oxygens (including phenoxy) is 5. The minimum atomic E-state index is -1.04. The first-order chi connectivity index (χ1) is 22.5. The van der Waals surface area contributed by atoms with Crippen LogP contribution < -0.4 is 0 Å². The Kier molecular flexibility index (Phi) is 10.6. The van der Waals surface area contributed by atoms with Crippen molar-refractivity contribution >= 4 is 29.8 Å². The van der Waals surface area contributed by atoms with Crippen molar-refractivity contribution in [2.75, 3.05) is 13.1 Å². The number of carbonyl (C=O) groups excluding carboxylic acids is 5. The van der Waals surface area contributed by atoms with E-state index in [2.05, 4.69) is 32.6 Å². The molecule has 0 spiro atoms. The van der Waals surface area contributed by atoms with Crippen LogP contribution in [0.5, 0.6) is 0 Å². The van der Waals surface area contributed by atoms with E-state index in [4.69, 9.17) is 23.7 Å². The lowest BCUT2D eigenvalue weighted by Gasteiger charge is -2.64. The number of rotatable bonds is 6. The number of fused-ring (bicyclic) bond motifs is 3. The first-order valence-corrected chi connectivity index (χ1v) is 18.1. The maximum atomic E-state index is 13.0. The maximum absolute atomic E-state index is 13.0. The van der Waals surface area contributed by atoms with E-state index in [1.807, 2.05) is 0 Å². The molecule has 0 aromatic carbocycles. The van der Waals surface area contributed by atoms with Crippen LogP contribution in [0, 0.1) is 46.8 Å². The fourth-order valence-corrected chi connectivity index (χ4v) is 11.4. The molecule has 0 bridgehead atoms. The molecule has 2 aliphatic heterocycles. The maximum Gasteiger partial charge on any atom is 0.303 e. The van der Waals surface area contributed by atoms with Crippen LogP contribution in [0.4, 0.5) is 0 Å². The van der Waals surface area contributed by atoms with Crippen molar-refractivity contribution in [3.8, 4) is 0 Å². The molecular formula is C37H57NO10. The van der Waals surface area contributed by atoms with Crippen molar-refractivity contribution < 1.29 is 47.7 Å². The van der Waals surface area contributed by atoms with Crippen LogP contribution in [0.15, 0.2) is 0 Å². The second kappa shape index (κ2) is 13.9. The zero-order valence-corrected chi connectivity index (χ0v) is 30.3. The largest absolute Gasteiger partial charge is 0.462 e. The van der Waals surface area contributed by atoms with Gasteiger partial charge in [0.25, 0.3) is 0 Å². The normalized spacial score (nSPS) is 44.1. The summed E-state index contributed by atoms with van der Waals surface area (Å²) in [6.45, 7) is 17.1. The lowest BCUT2D eigenvalue weighted by molar-refractivity contribution is -0.261. The number of carbonyl (C=O) groups is 5. The van der Waals surface area contributed by atoms with E-state index in [1.165, 1.54) is 34.6 Å². The predicted octanol–water partition coefficient (Wildman–Crippen LogP) is 4.86. The summed E-state index contributed by atoms with van der Waals surface area (Å²) in [4.78, 5) is 65.7. The van der Waals surface area contributed by atoms with Gasteiger partial charge in [-0.05, 0) is 62.2 Å². The van der Waals surface area contributed by atoms with Crippen molar-refractivity contribution in [2.45, 2.75) is 143 Å². The summed E-state index contributed by atoms with van der Waals surface area (Å²) >= 11 is 0. The molecule has 5 aliphatic rings. The highest BCUT2D eigenvalue weighted by atomic mass is 16.6. The number of esters is 5. The van der Waals surface area contributed by atoms with Gasteiger partial charge in [-0.15, -0.1) is 0 Å². The SMILES string of the molecule is CC(=O)O[C@@H]1C[C@H](OC(C)=O)[C@@]2(C)[C@H](C1)[C@H](OC(C)=O)CC(C1CC[C@@H]3[C@@H](C)[C@@H]4CC[C@@H](C)CN4C[C@]3(OC(C)=O)[C@H]1OC(C)=O)[C@@H]2C. The molecule has 14 atom stereocenters. The second-order valence-electron chi connectivity index (χ2n) is 16.1. The molecule has 3 saturated carbocycles. The number of hydrogen-bond acceptors (Lipinski definition) is 11. The summed E-state index contributed by atoms with van der Waals surface area (Å²) in [5, 5.41) is 0. The van der Waals surface area contributed by atoms with Crippen molar-refractivity contribution in [2.24, 2.45) is 46.8 Å². The summed E-state index contributed by atoms with van der Waals surface area (Å²) in [6, 6.07) is 0.378. The average molecular weight is 676 g/mol. The van der Waals surface area contributed by atoms with Crippen LogP contribution in [-0.2, 0) is 47.7 Å². The van der Waals surface area contributed by atoms with Crippen molar-refractivity contribution in [3.05, 3.63) is 0 Å². The molecule has 5 rings (SSSR count). The van der Waals surface area contributed by atoms with Gasteiger partial charge < -0.3 is 23.7 Å². The van der Waals surface area contributed by atoms with E-state index in [1.54, 1.807) is 0 Å². The zero-order valence-electron chi connectivity index (χ0n) is 30.3. The van der Waals surface area contributed by atoms with Gasteiger partial charge in [-0.3, -0.25) is 28.9 Å². The second-order valence-corrected chi connectivity index (χ2v) is 16.1. The molecule has 0 N–H and O–H groups in total. The molecule has 2 saturated heterocycles. The summed E-state index contributed by atoms with van der Waals surface area (Å²) < 4.78 is 30.7. The van der Waals surface area contributed by atoms with Gasteiger partial charge in [-0.25, -0.2) is 0 Å². The molecule has 11 nitrogen and oxygen atoms in total. The highest BCUT2D eigenvalue weighted by Crippen LogP contribution is 2.62. The molecule has 0 aromatic rings. The number of hydrogen-bond donors (Lipinski definition) is 0. The van der Waals surface area contributed by atoms with E-state index < -0.39 is 65.3 Å². The van der Waals surface area contributed by atoms with Crippen molar-refractivity contribution in [3.63, 3.8) is 0 Å². The monoisotopic (exact) mass is 675 g/mol. The van der Waals surface area contributed by atoms with Crippen molar-refractivity contribution in [1.82, 2.24) is 4.90 Å². The van der Waals surface area contributed by atoms with E-state index in [0.717, 1.165) is 32.2 Å². The van der Waals surface area contributed by atoms with Crippen molar-refractivity contribution in [1.29, 1.82) is 0 Å². The Morgan fingerprint density at radius 2 is 1.31 bits per heavy atom. The average Bonchev–Trinajstić information content (AvgIpc) is 2.95. The van der Waals surface area contributed by atoms with Gasteiger partial charge in [0.05, 0.1) is 0 Å². The Labute approximate surface area is 285 Å². The number of piperidine rings is 2. The minimum Gasteiger partial charge on any atom is -0.462 e. The van der Waals surface area contributed by atoms with Gasteiger partial charge in [0.15, 0.2) is 5.60 Å². The van der Waals surface area contributed by atoms with Crippen LogP contribution in [-0.4, -0.2) is 83.9 Å². The lowest BCUT2D eigenvalue weighted by atomic mass is 9.46. The topological polar surface area (TPSA) is 135 Å². The third kappa shape index (κ3) is 6.73. The zero-order chi connectivity index (χ0) is 35.3. The Morgan fingerprint density at radius 1 is 0.667 bits per heavy atom. The Balaban J connectivity index is 1.60. The van der Waals surface area contributed by atoms with Gasteiger partial charge in [-0.2, -0.15) is 0 Å². The summed E-state index contributed by atoms with van der Waals surface area (Å²) in [7, 11) is 0. The summed E-state index contributed by atoms with van der Waals surface area (Å²) in [5.74, 6) is -2.04. The lowest BCUT2D eigenvalue weighted by Crippen LogP contribution is -2.73. The third-order valence-electron chi connectivity index (χ3n) is 13.2.